The van der Waals surface area contributed by atoms with Gasteiger partial charge in [-0.2, -0.15) is 0 Å². The monoisotopic (exact) mass is 292 g/mol. The number of ether oxygens (including phenoxy) is 1. The molecule has 0 saturated carbocycles. The molecule has 18 heavy (non-hydrogen) atoms. The molecule has 5 heteroatoms. The number of hydrogen-bond acceptors (Lipinski definition) is 4. The van der Waals surface area contributed by atoms with Crippen molar-refractivity contribution in [1.29, 1.82) is 0 Å². The Morgan fingerprint density at radius 2 is 2.11 bits per heavy atom. The Morgan fingerprint density at radius 3 is 2.67 bits per heavy atom. The highest BCUT2D eigenvalue weighted by Crippen LogP contribution is 2.39. The van der Waals surface area contributed by atoms with Gasteiger partial charge in [0.05, 0.1) is 21.1 Å². The van der Waals surface area contributed by atoms with E-state index in [-0.39, 0.29) is 12.2 Å². The van der Waals surface area contributed by atoms with Crippen molar-refractivity contribution in [2.24, 2.45) is 0 Å². The highest BCUT2D eigenvalue weighted by atomic mass is 33.1. The molecule has 0 radical (unpaired) electrons. The quantitative estimate of drug-likeness (QED) is 0.236. The third kappa shape index (κ3) is 6.34. The first-order valence-electron chi connectivity index (χ1n) is 6.68. The lowest BCUT2D eigenvalue weighted by atomic mass is 10.1. The zero-order valence-electron chi connectivity index (χ0n) is 12.0. The first-order chi connectivity index (χ1) is 8.39. The van der Waals surface area contributed by atoms with Crippen LogP contribution in [0.1, 0.15) is 39.0 Å². The van der Waals surface area contributed by atoms with Gasteiger partial charge in [0, 0.05) is 24.3 Å². The maximum atomic E-state index is 11.7. The SMILES string of the molecule is C[C@@H](OC(=O)CCCC[C@@H]1CCSS1)[N+](C)(C)C. The molecule has 0 bridgehead atoms. The van der Waals surface area contributed by atoms with Crippen LogP contribution in [0.5, 0.6) is 0 Å². The van der Waals surface area contributed by atoms with Gasteiger partial charge in [0.15, 0.2) is 0 Å². The molecule has 1 saturated heterocycles. The number of carbonyl (C=O) groups excluding carboxylic acids is 1. The third-order valence-electron chi connectivity index (χ3n) is 3.28. The van der Waals surface area contributed by atoms with Crippen molar-refractivity contribution in [3.8, 4) is 0 Å². The van der Waals surface area contributed by atoms with Crippen LogP contribution < -0.4 is 0 Å². The molecule has 0 aliphatic carbocycles. The Hall–Kier alpha value is 0.130. The summed E-state index contributed by atoms with van der Waals surface area (Å²) in [5, 5.41) is 0.816. The lowest BCUT2D eigenvalue weighted by Crippen LogP contribution is -2.45. The molecule has 106 valence electrons. The van der Waals surface area contributed by atoms with E-state index in [2.05, 4.69) is 0 Å². The smallest absolute Gasteiger partial charge is 0.310 e. The molecular formula is C13H26NO2S2+. The Kier molecular flexibility index (Phi) is 6.88. The number of hydrogen-bond donors (Lipinski definition) is 0. The van der Waals surface area contributed by atoms with Crippen LogP contribution >= 0.6 is 21.6 Å². The van der Waals surface area contributed by atoms with Gasteiger partial charge in [-0.3, -0.25) is 9.28 Å². The molecule has 3 nitrogen and oxygen atoms in total. The van der Waals surface area contributed by atoms with Crippen LogP contribution in [0.4, 0.5) is 0 Å². The largest absolute Gasteiger partial charge is 0.413 e. The average Bonchev–Trinajstić information content (AvgIpc) is 2.75. The molecule has 1 heterocycles. The summed E-state index contributed by atoms with van der Waals surface area (Å²) in [5.74, 6) is 1.24. The van der Waals surface area contributed by atoms with E-state index in [1.54, 1.807) is 0 Å². The summed E-state index contributed by atoms with van der Waals surface area (Å²) in [6.45, 7) is 1.95. The maximum Gasteiger partial charge on any atom is 0.310 e. The minimum absolute atomic E-state index is 0.0519. The number of unbranched alkanes of at least 4 members (excludes halogenated alkanes) is 1. The Labute approximate surface area is 119 Å². The average molecular weight is 292 g/mol. The predicted octanol–water partition coefficient (Wildman–Crippen LogP) is 3.30. The van der Waals surface area contributed by atoms with Crippen LogP contribution in [0.15, 0.2) is 0 Å². The van der Waals surface area contributed by atoms with Gasteiger partial charge >= 0.3 is 5.97 Å². The molecule has 0 unspecified atom stereocenters. The van der Waals surface area contributed by atoms with E-state index in [9.17, 15) is 4.79 Å². The Morgan fingerprint density at radius 1 is 1.39 bits per heavy atom. The molecular weight excluding hydrogens is 266 g/mol. The zero-order valence-corrected chi connectivity index (χ0v) is 13.6. The van der Waals surface area contributed by atoms with Crippen LogP contribution in [0.3, 0.4) is 0 Å². The van der Waals surface area contributed by atoms with Gasteiger partial charge in [0.1, 0.15) is 0 Å². The Balaban J connectivity index is 2.06. The molecule has 0 amide bonds. The van der Waals surface area contributed by atoms with Crippen molar-refractivity contribution >= 4 is 27.6 Å². The van der Waals surface area contributed by atoms with Gasteiger partial charge in [0.25, 0.3) is 0 Å². The summed E-state index contributed by atoms with van der Waals surface area (Å²) in [6, 6.07) is 0. The molecule has 2 atom stereocenters. The summed E-state index contributed by atoms with van der Waals surface area (Å²) in [4.78, 5) is 11.7. The van der Waals surface area contributed by atoms with E-state index >= 15 is 0 Å². The minimum Gasteiger partial charge on any atom is -0.413 e. The van der Waals surface area contributed by atoms with Crippen LogP contribution in [-0.4, -0.2) is 48.8 Å². The third-order valence-corrected chi connectivity index (χ3v) is 6.28. The zero-order chi connectivity index (χ0) is 13.6. The maximum absolute atomic E-state index is 11.7. The summed E-state index contributed by atoms with van der Waals surface area (Å²) in [6.07, 6.45) is 5.18. The van der Waals surface area contributed by atoms with Crippen molar-refractivity contribution < 1.29 is 14.0 Å². The van der Waals surface area contributed by atoms with Crippen molar-refractivity contribution in [3.63, 3.8) is 0 Å². The first-order valence-corrected chi connectivity index (χ1v) is 9.06. The fraction of sp³-hybridized carbons (Fsp3) is 0.923. The number of rotatable bonds is 7. The molecule has 1 aliphatic rings. The fourth-order valence-electron chi connectivity index (χ4n) is 1.61. The fourth-order valence-corrected chi connectivity index (χ4v) is 4.64. The van der Waals surface area contributed by atoms with E-state index in [0.29, 0.717) is 10.9 Å². The number of esters is 1. The van der Waals surface area contributed by atoms with Gasteiger partial charge in [0.2, 0.25) is 6.23 Å². The van der Waals surface area contributed by atoms with Gasteiger partial charge in [-0.1, -0.05) is 28.0 Å². The van der Waals surface area contributed by atoms with Gasteiger partial charge in [-0.25, -0.2) is 0 Å². The molecule has 0 aromatic rings. The highest BCUT2D eigenvalue weighted by Gasteiger charge is 2.22. The topological polar surface area (TPSA) is 26.3 Å². The van der Waals surface area contributed by atoms with E-state index in [4.69, 9.17) is 4.74 Å². The van der Waals surface area contributed by atoms with Gasteiger partial charge in [-0.05, 0) is 19.3 Å². The first kappa shape index (κ1) is 16.2. The van der Waals surface area contributed by atoms with Crippen molar-refractivity contribution in [2.75, 3.05) is 26.9 Å². The number of nitrogens with zero attached hydrogens (tertiary/aromatic N) is 1. The summed E-state index contributed by atoms with van der Waals surface area (Å²) < 4.78 is 6.07. The lowest BCUT2D eigenvalue weighted by molar-refractivity contribution is -0.914. The van der Waals surface area contributed by atoms with Crippen molar-refractivity contribution in [3.05, 3.63) is 0 Å². The molecule has 0 N–H and O–H groups in total. The van der Waals surface area contributed by atoms with Gasteiger partial charge in [-0.15, -0.1) is 0 Å². The minimum atomic E-state index is -0.0701. The molecule has 0 aromatic heterocycles. The second-order valence-corrected chi connectivity index (χ2v) is 8.57. The molecule has 1 rings (SSSR count). The predicted molar refractivity (Wildman–Crippen MR) is 80.5 cm³/mol. The molecule has 0 spiro atoms. The van der Waals surface area contributed by atoms with Crippen molar-refractivity contribution in [1.82, 2.24) is 0 Å². The normalized spacial score (nSPS) is 21.9. The molecule has 1 aliphatic heterocycles. The standard InChI is InChI=1S/C13H26NO2S2/c1-11(14(2,3)4)16-13(15)8-6-5-7-12-9-10-17-18-12/h11-12H,5-10H2,1-4H3/q+1/t11-,12-/m1/s1. The summed E-state index contributed by atoms with van der Waals surface area (Å²) >= 11 is 0. The second kappa shape index (κ2) is 7.65. The van der Waals surface area contributed by atoms with E-state index < -0.39 is 0 Å². The van der Waals surface area contributed by atoms with E-state index in [0.717, 1.165) is 18.1 Å². The van der Waals surface area contributed by atoms with Gasteiger partial charge < -0.3 is 4.74 Å². The van der Waals surface area contributed by atoms with Crippen LogP contribution in [0.25, 0.3) is 0 Å². The lowest BCUT2D eigenvalue weighted by Gasteiger charge is -2.30. The number of quaternary nitrogens is 1. The van der Waals surface area contributed by atoms with Crippen LogP contribution in [0.2, 0.25) is 0 Å². The van der Waals surface area contributed by atoms with E-state index in [1.165, 1.54) is 18.6 Å². The summed E-state index contributed by atoms with van der Waals surface area (Å²) in [5.41, 5.74) is 0. The van der Waals surface area contributed by atoms with E-state index in [1.807, 2.05) is 49.7 Å². The number of carbonyl (C=O) groups is 1. The van der Waals surface area contributed by atoms with Crippen LogP contribution in [-0.2, 0) is 9.53 Å². The second-order valence-electron chi connectivity index (χ2n) is 5.78. The highest BCUT2D eigenvalue weighted by molar-refractivity contribution is 8.77. The molecule has 1 fully saturated rings. The van der Waals surface area contributed by atoms with Crippen LogP contribution in [0, 0.1) is 0 Å². The summed E-state index contributed by atoms with van der Waals surface area (Å²) in [7, 11) is 10.1. The molecule has 0 aromatic carbocycles. The Bertz CT molecular complexity index is 260. The van der Waals surface area contributed by atoms with Crippen molar-refractivity contribution in [2.45, 2.75) is 50.5 Å².